The smallest absolute Gasteiger partial charge is 0.319 e. The van der Waals surface area contributed by atoms with Crippen LogP contribution >= 0.6 is 0 Å². The molecule has 2 rings (SSSR count). The van der Waals surface area contributed by atoms with Crippen LogP contribution in [0.4, 0.5) is 10.5 Å². The van der Waals surface area contributed by atoms with E-state index in [4.69, 9.17) is 9.84 Å². The standard InChI is InChI=1S/C18H25N3O4/c1-3-8-25-16-7-5-6-13(11-16)19-18(24)20-14-9-15(10-14)21(4-2)12-17(22)23/h3,5-7,11,14-15H,1,4,8-10,12H2,2H3,(H,22,23)(H2,19,20,24). The molecule has 136 valence electrons. The molecule has 7 heteroatoms. The van der Waals surface area contributed by atoms with Gasteiger partial charge < -0.3 is 20.5 Å². The fourth-order valence-corrected chi connectivity index (χ4v) is 2.85. The summed E-state index contributed by atoms with van der Waals surface area (Å²) >= 11 is 0. The fraction of sp³-hybridized carbons (Fsp3) is 0.444. The Morgan fingerprint density at radius 2 is 2.20 bits per heavy atom. The van der Waals surface area contributed by atoms with Gasteiger partial charge in [0, 0.05) is 23.8 Å². The van der Waals surface area contributed by atoms with E-state index in [0.717, 1.165) is 12.8 Å². The quantitative estimate of drug-likeness (QED) is 0.596. The van der Waals surface area contributed by atoms with Crippen molar-refractivity contribution >= 4 is 17.7 Å². The Bertz CT molecular complexity index is 614. The molecule has 7 nitrogen and oxygen atoms in total. The number of carboxylic acid groups (broad SMARTS) is 1. The number of amides is 2. The maximum Gasteiger partial charge on any atom is 0.319 e. The van der Waals surface area contributed by atoms with Crippen LogP contribution in [0, 0.1) is 0 Å². The molecule has 3 N–H and O–H groups in total. The first kappa shape index (κ1) is 18.8. The lowest BCUT2D eigenvalue weighted by molar-refractivity contribution is -0.139. The number of nitrogens with zero attached hydrogens (tertiary/aromatic N) is 1. The molecule has 0 radical (unpaired) electrons. The van der Waals surface area contributed by atoms with E-state index in [2.05, 4.69) is 17.2 Å². The van der Waals surface area contributed by atoms with E-state index in [1.54, 1.807) is 24.3 Å². The molecule has 1 aromatic rings. The highest BCUT2D eigenvalue weighted by Gasteiger charge is 2.34. The topological polar surface area (TPSA) is 90.9 Å². The van der Waals surface area contributed by atoms with Crippen LogP contribution in [0.2, 0.25) is 0 Å². The van der Waals surface area contributed by atoms with Crippen molar-refractivity contribution in [2.75, 3.05) is 25.0 Å². The molecule has 1 fully saturated rings. The Morgan fingerprint density at radius 1 is 1.44 bits per heavy atom. The summed E-state index contributed by atoms with van der Waals surface area (Å²) in [7, 11) is 0. The minimum absolute atomic E-state index is 0.0393. The minimum atomic E-state index is -0.824. The highest BCUT2D eigenvalue weighted by molar-refractivity contribution is 5.89. The van der Waals surface area contributed by atoms with E-state index in [1.165, 1.54) is 0 Å². The Hall–Kier alpha value is -2.54. The van der Waals surface area contributed by atoms with Crippen LogP contribution in [-0.4, -0.2) is 53.8 Å². The maximum atomic E-state index is 12.1. The molecule has 0 aromatic heterocycles. The number of aliphatic carboxylic acids is 1. The van der Waals surface area contributed by atoms with Gasteiger partial charge in [0.1, 0.15) is 12.4 Å². The van der Waals surface area contributed by atoms with E-state index in [9.17, 15) is 9.59 Å². The molecule has 25 heavy (non-hydrogen) atoms. The number of carbonyl (C=O) groups is 2. The number of likely N-dealkylation sites (N-methyl/N-ethyl adjacent to an activating group) is 1. The van der Waals surface area contributed by atoms with Gasteiger partial charge in [0.05, 0.1) is 6.54 Å². The van der Waals surface area contributed by atoms with Crippen molar-refractivity contribution in [3.63, 3.8) is 0 Å². The number of rotatable bonds is 9. The molecular formula is C18H25N3O4. The zero-order chi connectivity index (χ0) is 18.2. The number of ether oxygens (including phenoxy) is 1. The van der Waals surface area contributed by atoms with Gasteiger partial charge in [-0.3, -0.25) is 9.69 Å². The molecule has 0 atom stereocenters. The molecule has 1 aliphatic rings. The van der Waals surface area contributed by atoms with Gasteiger partial charge in [-0.2, -0.15) is 0 Å². The average molecular weight is 347 g/mol. The van der Waals surface area contributed by atoms with Gasteiger partial charge in [0.2, 0.25) is 0 Å². The summed E-state index contributed by atoms with van der Waals surface area (Å²) in [5, 5.41) is 14.6. The predicted molar refractivity (Wildman–Crippen MR) is 96.0 cm³/mol. The van der Waals surface area contributed by atoms with Gasteiger partial charge in [-0.1, -0.05) is 25.6 Å². The molecular weight excluding hydrogens is 322 g/mol. The first-order valence-corrected chi connectivity index (χ1v) is 8.39. The molecule has 0 aliphatic heterocycles. The summed E-state index contributed by atoms with van der Waals surface area (Å²) in [6.07, 6.45) is 3.18. The number of carbonyl (C=O) groups excluding carboxylic acids is 1. The highest BCUT2D eigenvalue weighted by Crippen LogP contribution is 2.25. The van der Waals surface area contributed by atoms with Gasteiger partial charge in [0.25, 0.3) is 0 Å². The number of anilines is 1. The molecule has 1 aliphatic carbocycles. The largest absolute Gasteiger partial charge is 0.489 e. The molecule has 1 aromatic carbocycles. The molecule has 2 amide bonds. The third-order valence-corrected chi connectivity index (χ3v) is 4.17. The first-order chi connectivity index (χ1) is 12.0. The summed E-state index contributed by atoms with van der Waals surface area (Å²) in [6, 6.07) is 7.15. The van der Waals surface area contributed by atoms with Crippen LogP contribution in [0.3, 0.4) is 0 Å². The zero-order valence-electron chi connectivity index (χ0n) is 14.4. The minimum Gasteiger partial charge on any atom is -0.489 e. The van der Waals surface area contributed by atoms with Crippen molar-refractivity contribution in [3.05, 3.63) is 36.9 Å². The second-order valence-electron chi connectivity index (χ2n) is 6.00. The number of urea groups is 1. The summed E-state index contributed by atoms with van der Waals surface area (Å²) in [6.45, 7) is 6.67. The third kappa shape index (κ3) is 5.79. The van der Waals surface area contributed by atoms with Crippen LogP contribution in [0.5, 0.6) is 5.75 Å². The van der Waals surface area contributed by atoms with Crippen molar-refractivity contribution in [1.82, 2.24) is 10.2 Å². The summed E-state index contributed by atoms with van der Waals surface area (Å²) in [5.74, 6) is -0.164. The molecule has 0 saturated heterocycles. The van der Waals surface area contributed by atoms with Gasteiger partial charge >= 0.3 is 12.0 Å². The SMILES string of the molecule is C=CCOc1cccc(NC(=O)NC2CC(N(CC)CC(=O)O)C2)c1. The van der Waals surface area contributed by atoms with Gasteiger partial charge in [0.15, 0.2) is 0 Å². The van der Waals surface area contributed by atoms with Crippen LogP contribution in [0.1, 0.15) is 19.8 Å². The Morgan fingerprint density at radius 3 is 2.84 bits per heavy atom. The molecule has 0 heterocycles. The monoisotopic (exact) mass is 347 g/mol. The van der Waals surface area contributed by atoms with E-state index < -0.39 is 5.97 Å². The van der Waals surface area contributed by atoms with Crippen molar-refractivity contribution in [1.29, 1.82) is 0 Å². The van der Waals surface area contributed by atoms with Crippen molar-refractivity contribution in [3.8, 4) is 5.75 Å². The molecule has 0 unspecified atom stereocenters. The van der Waals surface area contributed by atoms with Crippen LogP contribution in [-0.2, 0) is 4.79 Å². The number of nitrogens with one attached hydrogen (secondary N) is 2. The van der Waals surface area contributed by atoms with E-state index >= 15 is 0 Å². The lowest BCUT2D eigenvalue weighted by atomic mass is 9.85. The number of benzene rings is 1. The van der Waals surface area contributed by atoms with Crippen LogP contribution in [0.15, 0.2) is 36.9 Å². The predicted octanol–water partition coefficient (Wildman–Crippen LogP) is 2.31. The van der Waals surface area contributed by atoms with Crippen molar-refractivity contribution < 1.29 is 19.4 Å². The average Bonchev–Trinajstić information content (AvgIpc) is 2.54. The Kier molecular flexibility index (Phi) is 6.82. The number of hydrogen-bond acceptors (Lipinski definition) is 4. The summed E-state index contributed by atoms with van der Waals surface area (Å²) in [5.41, 5.74) is 0.649. The van der Waals surface area contributed by atoms with Crippen LogP contribution < -0.4 is 15.4 Å². The van der Waals surface area contributed by atoms with E-state index in [0.29, 0.717) is 24.6 Å². The zero-order valence-corrected chi connectivity index (χ0v) is 14.4. The van der Waals surface area contributed by atoms with Gasteiger partial charge in [-0.05, 0) is 31.5 Å². The molecule has 0 spiro atoms. The lowest BCUT2D eigenvalue weighted by Crippen LogP contribution is -2.55. The van der Waals surface area contributed by atoms with Gasteiger partial charge in [-0.15, -0.1) is 0 Å². The van der Waals surface area contributed by atoms with Crippen LogP contribution in [0.25, 0.3) is 0 Å². The normalized spacial score (nSPS) is 19.0. The number of hydrogen-bond donors (Lipinski definition) is 3. The highest BCUT2D eigenvalue weighted by atomic mass is 16.5. The fourth-order valence-electron chi connectivity index (χ4n) is 2.85. The second kappa shape index (κ2) is 9.08. The summed E-state index contributed by atoms with van der Waals surface area (Å²) in [4.78, 5) is 24.8. The maximum absolute atomic E-state index is 12.1. The Balaban J connectivity index is 1.76. The summed E-state index contributed by atoms with van der Waals surface area (Å²) < 4.78 is 5.43. The van der Waals surface area contributed by atoms with E-state index in [1.807, 2.05) is 17.9 Å². The van der Waals surface area contributed by atoms with Crippen molar-refractivity contribution in [2.45, 2.75) is 31.8 Å². The lowest BCUT2D eigenvalue weighted by Gasteiger charge is -2.42. The van der Waals surface area contributed by atoms with Gasteiger partial charge in [-0.25, -0.2) is 4.79 Å². The third-order valence-electron chi connectivity index (χ3n) is 4.17. The number of carboxylic acids is 1. The first-order valence-electron chi connectivity index (χ1n) is 8.39. The van der Waals surface area contributed by atoms with Crippen molar-refractivity contribution in [2.24, 2.45) is 0 Å². The molecule has 0 bridgehead atoms. The molecule has 1 saturated carbocycles. The Labute approximate surface area is 147 Å². The second-order valence-corrected chi connectivity index (χ2v) is 6.00. The van der Waals surface area contributed by atoms with E-state index in [-0.39, 0.29) is 24.7 Å².